The molecule has 1 aromatic carbocycles. The van der Waals surface area contributed by atoms with Gasteiger partial charge in [-0.25, -0.2) is 14.1 Å². The van der Waals surface area contributed by atoms with Gasteiger partial charge in [-0.1, -0.05) is 40.1 Å². The van der Waals surface area contributed by atoms with Crippen LogP contribution in [0.25, 0.3) is 33.3 Å². The van der Waals surface area contributed by atoms with Gasteiger partial charge in [-0.15, -0.1) is 0 Å². The van der Waals surface area contributed by atoms with Gasteiger partial charge in [-0.2, -0.15) is 0 Å². The summed E-state index contributed by atoms with van der Waals surface area (Å²) in [6.07, 6.45) is 3.37. The van der Waals surface area contributed by atoms with Gasteiger partial charge >= 0.3 is 0 Å². The van der Waals surface area contributed by atoms with E-state index in [1.165, 1.54) is 6.07 Å². The summed E-state index contributed by atoms with van der Waals surface area (Å²) in [5.74, 6) is 0.275. The van der Waals surface area contributed by atoms with Crippen molar-refractivity contribution in [1.82, 2.24) is 29.5 Å². The molecule has 0 aliphatic carbocycles. The number of hydrogen-bond donors (Lipinski definition) is 0. The third-order valence-electron chi connectivity index (χ3n) is 6.93. The van der Waals surface area contributed by atoms with Crippen LogP contribution in [-0.2, 0) is 11.8 Å². The minimum absolute atomic E-state index is 0.131. The zero-order chi connectivity index (χ0) is 24.8. The minimum Gasteiger partial charge on any atom is -0.478 e. The third-order valence-corrected chi connectivity index (χ3v) is 7.14. The maximum absolute atomic E-state index is 15.4. The fourth-order valence-corrected chi connectivity index (χ4v) is 5.44. The molecule has 1 saturated heterocycles. The first-order chi connectivity index (χ1) is 17.6. The molecule has 6 rings (SSSR count). The average Bonchev–Trinajstić information content (AvgIpc) is 3.42. The van der Waals surface area contributed by atoms with Crippen LogP contribution in [0.5, 0.6) is 5.88 Å². The first-order valence-corrected chi connectivity index (χ1v) is 12.2. The lowest BCUT2D eigenvalue weighted by atomic mass is 9.86. The molecule has 0 unspecified atom stereocenters. The number of nitrogens with zero attached hydrogens (tertiary/aromatic N) is 6. The summed E-state index contributed by atoms with van der Waals surface area (Å²) in [5.41, 5.74) is 4.33. The van der Waals surface area contributed by atoms with E-state index in [9.17, 15) is 0 Å². The number of halogens is 2. The highest BCUT2D eigenvalue weighted by Crippen LogP contribution is 2.42. The predicted molar refractivity (Wildman–Crippen MR) is 135 cm³/mol. The number of aryl methyl sites for hydroxylation is 1. The van der Waals surface area contributed by atoms with Crippen LogP contribution in [0.1, 0.15) is 24.4 Å². The fraction of sp³-hybridized carbons (Fsp3) is 0.308. The molecule has 0 N–H and O–H groups in total. The number of pyridine rings is 2. The summed E-state index contributed by atoms with van der Waals surface area (Å²) >= 11 is 6.38. The lowest BCUT2D eigenvalue weighted by molar-refractivity contribution is 0.0548. The predicted octanol–water partition coefficient (Wildman–Crippen LogP) is 5.20. The van der Waals surface area contributed by atoms with Crippen molar-refractivity contribution >= 4 is 33.7 Å². The second kappa shape index (κ2) is 9.15. The molecule has 1 aliphatic rings. The summed E-state index contributed by atoms with van der Waals surface area (Å²) in [6.45, 7) is 1.25. The number of aromatic nitrogens is 6. The maximum Gasteiger partial charge on any atom is 0.261 e. The first-order valence-electron chi connectivity index (χ1n) is 11.8. The van der Waals surface area contributed by atoms with E-state index < -0.39 is 0 Å². The van der Waals surface area contributed by atoms with Gasteiger partial charge < -0.3 is 14.0 Å². The van der Waals surface area contributed by atoms with E-state index >= 15 is 4.39 Å². The molecular formula is C26H24ClFN6O2. The normalized spacial score (nSPS) is 15.6. The van der Waals surface area contributed by atoms with E-state index in [0.717, 1.165) is 34.8 Å². The number of benzene rings is 1. The first kappa shape index (κ1) is 22.9. The molecule has 5 aromatic rings. The van der Waals surface area contributed by atoms with Crippen molar-refractivity contribution in [2.24, 2.45) is 13.0 Å². The highest BCUT2D eigenvalue weighted by molar-refractivity contribution is 6.30. The molecule has 10 heteroatoms. The van der Waals surface area contributed by atoms with E-state index in [1.807, 2.05) is 24.3 Å². The van der Waals surface area contributed by atoms with Crippen LogP contribution < -0.4 is 4.74 Å². The van der Waals surface area contributed by atoms with Crippen molar-refractivity contribution < 1.29 is 13.9 Å². The van der Waals surface area contributed by atoms with Crippen molar-refractivity contribution in [2.75, 3.05) is 20.3 Å². The van der Waals surface area contributed by atoms with Gasteiger partial charge in [-0.05, 0) is 43.0 Å². The summed E-state index contributed by atoms with van der Waals surface area (Å²) in [7, 11) is 3.36. The SMILES string of the molecule is COc1nnn(C)c1-c1cnc2c3ccc(Cl)nc3n([C@H](c3ccccc3F)C3CCOCC3)c2c1. The molecule has 0 radical (unpaired) electrons. The van der Waals surface area contributed by atoms with Crippen LogP contribution >= 0.6 is 11.6 Å². The van der Waals surface area contributed by atoms with Gasteiger partial charge in [0.25, 0.3) is 5.88 Å². The number of hydrogen-bond acceptors (Lipinski definition) is 6. The third kappa shape index (κ3) is 3.70. The highest BCUT2D eigenvalue weighted by atomic mass is 35.5. The van der Waals surface area contributed by atoms with Gasteiger partial charge in [0.2, 0.25) is 0 Å². The van der Waals surface area contributed by atoms with Crippen LogP contribution in [0.15, 0.2) is 48.7 Å². The molecule has 5 heterocycles. The van der Waals surface area contributed by atoms with Crippen LogP contribution in [0.4, 0.5) is 4.39 Å². The zero-order valence-electron chi connectivity index (χ0n) is 19.9. The Morgan fingerprint density at radius 1 is 1.17 bits per heavy atom. The standard InChI is InChI=1S/C26H24ClFN6O2/c1-33-24(26(35-2)31-32-33)16-13-20-22(29-14-16)18-7-8-21(27)30-25(18)34(20)23(15-9-11-36-12-10-15)17-5-3-4-6-19(17)28/h3-8,13-15,23H,9-12H2,1-2H3/t23-/m0/s1. The lowest BCUT2D eigenvalue weighted by Crippen LogP contribution is -2.27. The fourth-order valence-electron chi connectivity index (χ4n) is 5.30. The van der Waals surface area contributed by atoms with Crippen LogP contribution in [0.2, 0.25) is 5.15 Å². The Bertz CT molecular complexity index is 1580. The van der Waals surface area contributed by atoms with Gasteiger partial charge in [-0.3, -0.25) is 4.98 Å². The topological polar surface area (TPSA) is 79.9 Å². The van der Waals surface area contributed by atoms with Gasteiger partial charge in [0.05, 0.1) is 24.2 Å². The van der Waals surface area contributed by atoms with Crippen molar-refractivity contribution in [2.45, 2.75) is 18.9 Å². The van der Waals surface area contributed by atoms with Crippen molar-refractivity contribution in [1.29, 1.82) is 0 Å². The molecule has 4 aromatic heterocycles. The number of fused-ring (bicyclic) bond motifs is 3. The van der Waals surface area contributed by atoms with Crippen LogP contribution in [0.3, 0.4) is 0 Å². The number of rotatable bonds is 5. The van der Waals surface area contributed by atoms with Crippen molar-refractivity contribution in [3.8, 4) is 17.1 Å². The van der Waals surface area contributed by atoms with E-state index in [4.69, 9.17) is 31.0 Å². The monoisotopic (exact) mass is 506 g/mol. The summed E-state index contributed by atoms with van der Waals surface area (Å²) < 4.78 is 30.2. The Hall–Kier alpha value is -3.56. The largest absolute Gasteiger partial charge is 0.478 e. The second-order valence-corrected chi connectivity index (χ2v) is 9.34. The van der Waals surface area contributed by atoms with Gasteiger partial charge in [0.1, 0.15) is 22.3 Å². The minimum atomic E-state index is -0.329. The van der Waals surface area contributed by atoms with E-state index in [1.54, 1.807) is 37.2 Å². The van der Waals surface area contributed by atoms with Gasteiger partial charge in [0.15, 0.2) is 0 Å². The smallest absolute Gasteiger partial charge is 0.261 e. The molecule has 1 fully saturated rings. The molecule has 1 atom stereocenters. The average molecular weight is 507 g/mol. The van der Waals surface area contributed by atoms with Crippen LogP contribution in [-0.4, -0.2) is 49.9 Å². The van der Waals surface area contributed by atoms with Crippen molar-refractivity contribution in [3.05, 3.63) is 65.2 Å². The zero-order valence-corrected chi connectivity index (χ0v) is 20.6. The molecule has 0 spiro atoms. The molecule has 0 bridgehead atoms. The number of methoxy groups -OCH3 is 1. The van der Waals surface area contributed by atoms with E-state index in [0.29, 0.717) is 41.2 Å². The molecule has 8 nitrogen and oxygen atoms in total. The van der Waals surface area contributed by atoms with Crippen molar-refractivity contribution in [3.63, 3.8) is 0 Å². The Kier molecular flexibility index (Phi) is 5.81. The lowest BCUT2D eigenvalue weighted by Gasteiger charge is -2.33. The Morgan fingerprint density at radius 2 is 1.97 bits per heavy atom. The Labute approximate surface area is 211 Å². The molecule has 36 heavy (non-hydrogen) atoms. The molecular weight excluding hydrogens is 483 g/mol. The Morgan fingerprint density at radius 3 is 2.75 bits per heavy atom. The second-order valence-electron chi connectivity index (χ2n) is 8.95. The summed E-state index contributed by atoms with van der Waals surface area (Å²) in [5, 5.41) is 9.42. The highest BCUT2D eigenvalue weighted by Gasteiger charge is 2.32. The summed E-state index contributed by atoms with van der Waals surface area (Å²) in [4.78, 5) is 9.54. The van der Waals surface area contributed by atoms with Crippen LogP contribution in [0, 0.1) is 11.7 Å². The Balaban J connectivity index is 1.68. The molecule has 1 aliphatic heterocycles. The van der Waals surface area contributed by atoms with Gasteiger partial charge in [0, 0.05) is 43.0 Å². The maximum atomic E-state index is 15.4. The molecule has 0 saturated carbocycles. The quantitative estimate of drug-likeness (QED) is 0.305. The molecule has 0 amide bonds. The summed E-state index contributed by atoms with van der Waals surface area (Å²) in [6, 6.07) is 12.3. The molecule has 184 valence electrons. The van der Waals surface area contributed by atoms with E-state index in [-0.39, 0.29) is 17.8 Å². The number of ether oxygens (including phenoxy) is 2. The van der Waals surface area contributed by atoms with E-state index in [2.05, 4.69) is 14.9 Å².